The molecule has 1 unspecified atom stereocenters. The molecule has 1 atom stereocenters. The van der Waals surface area contributed by atoms with E-state index in [0.717, 1.165) is 17.7 Å². The molecule has 1 aromatic rings. The van der Waals surface area contributed by atoms with Gasteiger partial charge in [0.15, 0.2) is 0 Å². The van der Waals surface area contributed by atoms with E-state index in [1.807, 2.05) is 20.0 Å². The summed E-state index contributed by atoms with van der Waals surface area (Å²) in [6.45, 7) is 8.58. The predicted octanol–water partition coefficient (Wildman–Crippen LogP) is 1.05. The first-order valence-corrected chi connectivity index (χ1v) is 4.47. The quantitative estimate of drug-likeness (QED) is 0.753. The van der Waals surface area contributed by atoms with Crippen molar-refractivity contribution in [3.63, 3.8) is 0 Å². The van der Waals surface area contributed by atoms with Crippen molar-refractivity contribution in [3.05, 3.63) is 18.5 Å². The third-order valence-corrected chi connectivity index (χ3v) is 1.80. The van der Waals surface area contributed by atoms with E-state index in [0.29, 0.717) is 6.54 Å². The third kappa shape index (κ3) is 2.66. The van der Waals surface area contributed by atoms with Gasteiger partial charge in [-0.1, -0.05) is 18.7 Å². The van der Waals surface area contributed by atoms with E-state index in [9.17, 15) is 0 Å². The van der Waals surface area contributed by atoms with Gasteiger partial charge in [-0.25, -0.2) is 0 Å². The molecule has 1 heterocycles. The highest BCUT2D eigenvalue weighted by Crippen LogP contribution is 2.11. The fraction of sp³-hybridized carbons (Fsp3) is 0.556. The van der Waals surface area contributed by atoms with Crippen LogP contribution in [-0.4, -0.2) is 21.0 Å². The van der Waals surface area contributed by atoms with Crippen LogP contribution < -0.4 is 5.73 Å². The molecule has 0 aliphatic carbocycles. The second kappa shape index (κ2) is 4.18. The van der Waals surface area contributed by atoms with Crippen molar-refractivity contribution in [2.24, 2.45) is 5.73 Å². The molecule has 0 saturated heterocycles. The molecule has 4 nitrogen and oxygen atoms in total. The third-order valence-electron chi connectivity index (χ3n) is 1.80. The molecule has 0 radical (unpaired) electrons. The fourth-order valence-corrected chi connectivity index (χ4v) is 1.03. The monoisotopic (exact) mass is 180 g/mol. The molecule has 72 valence electrons. The van der Waals surface area contributed by atoms with E-state index < -0.39 is 0 Å². The summed E-state index contributed by atoms with van der Waals surface area (Å²) in [7, 11) is 0. The molecule has 0 spiro atoms. The van der Waals surface area contributed by atoms with Gasteiger partial charge in [0, 0.05) is 6.04 Å². The Labute approximate surface area is 78.4 Å². The number of rotatable bonds is 4. The van der Waals surface area contributed by atoms with Crippen LogP contribution >= 0.6 is 0 Å². The van der Waals surface area contributed by atoms with Crippen LogP contribution in [0.2, 0.25) is 0 Å². The Bertz CT molecular complexity index is 288. The number of nitrogens with zero attached hydrogens (tertiary/aromatic N) is 3. The Hall–Kier alpha value is -1.16. The maximum absolute atomic E-state index is 5.63. The largest absolute Gasteiger partial charge is 0.326 e. The lowest BCUT2D eigenvalue weighted by atomic mass is 10.2. The Balaban J connectivity index is 2.69. The van der Waals surface area contributed by atoms with Gasteiger partial charge in [0.25, 0.3) is 0 Å². The van der Waals surface area contributed by atoms with Crippen LogP contribution in [0.15, 0.2) is 12.8 Å². The van der Waals surface area contributed by atoms with Gasteiger partial charge in [-0.3, -0.25) is 4.68 Å². The summed E-state index contributed by atoms with van der Waals surface area (Å²) in [5, 5.41) is 7.95. The van der Waals surface area contributed by atoms with Crippen molar-refractivity contribution in [1.82, 2.24) is 15.0 Å². The minimum atomic E-state index is 0.101. The lowest BCUT2D eigenvalue weighted by Gasteiger charge is -2.02. The van der Waals surface area contributed by atoms with Crippen molar-refractivity contribution < 1.29 is 0 Å². The summed E-state index contributed by atoms with van der Waals surface area (Å²) >= 11 is 0. The van der Waals surface area contributed by atoms with Gasteiger partial charge in [-0.15, -0.1) is 5.10 Å². The Morgan fingerprint density at radius 3 is 3.00 bits per heavy atom. The summed E-state index contributed by atoms with van der Waals surface area (Å²) in [5.41, 5.74) is 7.51. The molecule has 0 amide bonds. The van der Waals surface area contributed by atoms with Crippen LogP contribution in [0.4, 0.5) is 0 Å². The van der Waals surface area contributed by atoms with Crippen LogP contribution in [0.3, 0.4) is 0 Å². The van der Waals surface area contributed by atoms with Crippen LogP contribution in [0.25, 0.3) is 5.57 Å². The Morgan fingerprint density at radius 1 is 1.77 bits per heavy atom. The van der Waals surface area contributed by atoms with Crippen LogP contribution in [0, 0.1) is 0 Å². The molecule has 0 fully saturated rings. The summed E-state index contributed by atoms with van der Waals surface area (Å²) in [5.74, 6) is 0. The molecule has 1 aromatic heterocycles. The maximum atomic E-state index is 5.63. The van der Waals surface area contributed by atoms with Crippen molar-refractivity contribution in [2.45, 2.75) is 32.9 Å². The highest BCUT2D eigenvalue weighted by atomic mass is 15.4. The number of allylic oxidation sites excluding steroid dienone is 1. The van der Waals surface area contributed by atoms with Gasteiger partial charge in [0.1, 0.15) is 5.69 Å². The first kappa shape index (κ1) is 9.92. The van der Waals surface area contributed by atoms with E-state index in [2.05, 4.69) is 16.9 Å². The van der Waals surface area contributed by atoms with E-state index in [1.165, 1.54) is 0 Å². The number of aromatic nitrogens is 3. The lowest BCUT2D eigenvalue weighted by molar-refractivity contribution is 0.523. The molecule has 2 N–H and O–H groups in total. The molecule has 0 saturated carbocycles. The predicted molar refractivity (Wildman–Crippen MR) is 53.0 cm³/mol. The number of hydrogen-bond acceptors (Lipinski definition) is 3. The van der Waals surface area contributed by atoms with Gasteiger partial charge in [-0.2, -0.15) is 0 Å². The van der Waals surface area contributed by atoms with Crippen molar-refractivity contribution in [1.29, 1.82) is 0 Å². The zero-order chi connectivity index (χ0) is 9.84. The van der Waals surface area contributed by atoms with E-state index in [1.54, 1.807) is 4.68 Å². The fourth-order valence-electron chi connectivity index (χ4n) is 1.03. The molecule has 0 aromatic carbocycles. The van der Waals surface area contributed by atoms with Crippen LogP contribution in [0.1, 0.15) is 26.0 Å². The molecule has 0 aliphatic heterocycles. The summed E-state index contributed by atoms with van der Waals surface area (Å²) in [6.07, 6.45) is 2.78. The molecule has 0 aliphatic rings. The van der Waals surface area contributed by atoms with Gasteiger partial charge in [-0.05, 0) is 18.9 Å². The van der Waals surface area contributed by atoms with E-state index >= 15 is 0 Å². The van der Waals surface area contributed by atoms with Gasteiger partial charge in [0.05, 0.1) is 12.7 Å². The van der Waals surface area contributed by atoms with Gasteiger partial charge >= 0.3 is 0 Å². The Kier molecular flexibility index (Phi) is 3.19. The minimum Gasteiger partial charge on any atom is -0.326 e. The average Bonchev–Trinajstić information content (AvgIpc) is 2.50. The zero-order valence-corrected chi connectivity index (χ0v) is 8.20. The van der Waals surface area contributed by atoms with Crippen molar-refractivity contribution >= 4 is 5.57 Å². The first-order valence-electron chi connectivity index (χ1n) is 4.47. The SMILES string of the molecule is C=C(CC)c1cn(CC(C)N)nn1. The number of hydrogen-bond donors (Lipinski definition) is 1. The lowest BCUT2D eigenvalue weighted by Crippen LogP contribution is -2.22. The standard InChI is InChI=1S/C9H16N4/c1-4-7(2)9-6-13(12-11-9)5-8(3)10/h6,8H,2,4-5,10H2,1,3H3. The van der Waals surface area contributed by atoms with Gasteiger partial charge < -0.3 is 5.73 Å². The molecule has 0 bridgehead atoms. The highest BCUT2D eigenvalue weighted by Gasteiger charge is 2.03. The minimum absolute atomic E-state index is 0.101. The summed E-state index contributed by atoms with van der Waals surface area (Å²) < 4.78 is 1.75. The van der Waals surface area contributed by atoms with Crippen LogP contribution in [-0.2, 0) is 6.54 Å². The maximum Gasteiger partial charge on any atom is 0.108 e. The molecule has 13 heavy (non-hydrogen) atoms. The highest BCUT2D eigenvalue weighted by molar-refractivity contribution is 5.58. The van der Waals surface area contributed by atoms with Gasteiger partial charge in [0.2, 0.25) is 0 Å². The second-order valence-electron chi connectivity index (χ2n) is 3.26. The molecular weight excluding hydrogens is 164 g/mol. The molecular formula is C9H16N4. The second-order valence-corrected chi connectivity index (χ2v) is 3.26. The smallest absolute Gasteiger partial charge is 0.108 e. The normalized spacial score (nSPS) is 12.8. The number of nitrogens with two attached hydrogens (primary N) is 1. The zero-order valence-electron chi connectivity index (χ0n) is 8.20. The molecule has 1 rings (SSSR count). The van der Waals surface area contributed by atoms with E-state index in [4.69, 9.17) is 5.73 Å². The summed E-state index contributed by atoms with van der Waals surface area (Å²) in [6, 6.07) is 0.101. The topological polar surface area (TPSA) is 56.7 Å². The van der Waals surface area contributed by atoms with Crippen LogP contribution in [0.5, 0.6) is 0 Å². The van der Waals surface area contributed by atoms with Crippen molar-refractivity contribution in [3.8, 4) is 0 Å². The summed E-state index contributed by atoms with van der Waals surface area (Å²) in [4.78, 5) is 0. The first-order chi connectivity index (χ1) is 6.13. The van der Waals surface area contributed by atoms with E-state index in [-0.39, 0.29) is 6.04 Å². The van der Waals surface area contributed by atoms with Crippen molar-refractivity contribution in [2.75, 3.05) is 0 Å². The Morgan fingerprint density at radius 2 is 2.46 bits per heavy atom. The average molecular weight is 180 g/mol. The molecule has 4 heteroatoms.